The third kappa shape index (κ3) is 2.02. The summed E-state index contributed by atoms with van der Waals surface area (Å²) in [6, 6.07) is 0. The Morgan fingerprint density at radius 2 is 1.69 bits per heavy atom. The van der Waals surface area contributed by atoms with E-state index >= 15 is 0 Å². The molecule has 78 valence electrons. The van der Waals surface area contributed by atoms with Crippen LogP contribution in [0, 0.1) is 5.41 Å². The summed E-state index contributed by atoms with van der Waals surface area (Å²) in [6.45, 7) is 5.51. The first kappa shape index (κ1) is 10.9. The molecule has 0 aromatic rings. The maximum Gasteiger partial charge on any atom is 0.111 e. The maximum atomic E-state index is 9.61. The van der Waals surface area contributed by atoms with Crippen LogP contribution in [0.3, 0.4) is 0 Å². The molecular weight excluding hydrogens is 172 g/mol. The van der Waals surface area contributed by atoms with E-state index < -0.39 is 24.4 Å². The molecule has 0 amide bonds. The van der Waals surface area contributed by atoms with Gasteiger partial charge in [-0.05, 0) is 5.41 Å². The van der Waals surface area contributed by atoms with Gasteiger partial charge in [0.25, 0.3) is 0 Å². The number of ether oxygens (including phenoxy) is 1. The molecule has 0 radical (unpaired) electrons. The molecule has 0 spiro atoms. The fourth-order valence-corrected chi connectivity index (χ4v) is 1.62. The van der Waals surface area contributed by atoms with Crippen LogP contribution in [-0.4, -0.2) is 46.3 Å². The highest BCUT2D eigenvalue weighted by Crippen LogP contribution is 2.33. The molecule has 4 heteroatoms. The first-order chi connectivity index (χ1) is 5.88. The molecular formula is C9H18O4. The highest BCUT2D eigenvalue weighted by Gasteiger charge is 2.47. The predicted molar refractivity (Wildman–Crippen MR) is 47.2 cm³/mol. The second-order valence-electron chi connectivity index (χ2n) is 4.62. The quantitative estimate of drug-likeness (QED) is 0.522. The molecule has 0 aliphatic carbocycles. The average Bonchev–Trinajstić information content (AvgIpc) is 2.28. The molecule has 0 saturated carbocycles. The molecule has 1 fully saturated rings. The first-order valence-electron chi connectivity index (χ1n) is 4.50. The highest BCUT2D eigenvalue weighted by atomic mass is 16.6. The van der Waals surface area contributed by atoms with Crippen molar-refractivity contribution in [1.82, 2.24) is 0 Å². The van der Waals surface area contributed by atoms with Crippen molar-refractivity contribution in [3.8, 4) is 0 Å². The Labute approximate surface area is 78.1 Å². The normalized spacial score (nSPS) is 41.1. The summed E-state index contributed by atoms with van der Waals surface area (Å²) in [7, 11) is 0. The standard InChI is InChI=1S/C9H18O4/c1-9(2,3)8-7(12)6(11)5(4-10)13-8/h5-8,10-12H,4H2,1-3H3/t5-,6?,7+,8-/m1/s1. The van der Waals surface area contributed by atoms with Crippen LogP contribution in [0.2, 0.25) is 0 Å². The highest BCUT2D eigenvalue weighted by molar-refractivity contribution is 4.95. The average molecular weight is 190 g/mol. The van der Waals surface area contributed by atoms with Crippen molar-refractivity contribution < 1.29 is 20.1 Å². The zero-order valence-electron chi connectivity index (χ0n) is 8.27. The monoisotopic (exact) mass is 190 g/mol. The Morgan fingerprint density at radius 3 is 1.92 bits per heavy atom. The summed E-state index contributed by atoms with van der Waals surface area (Å²) in [6.07, 6.45) is -2.95. The molecule has 13 heavy (non-hydrogen) atoms. The van der Waals surface area contributed by atoms with Crippen LogP contribution >= 0.6 is 0 Å². The van der Waals surface area contributed by atoms with Gasteiger partial charge < -0.3 is 20.1 Å². The zero-order valence-corrected chi connectivity index (χ0v) is 8.27. The number of rotatable bonds is 1. The molecule has 0 bridgehead atoms. The fourth-order valence-electron chi connectivity index (χ4n) is 1.62. The molecule has 0 aromatic heterocycles. The molecule has 0 aromatic carbocycles. The summed E-state index contributed by atoms with van der Waals surface area (Å²) in [4.78, 5) is 0. The van der Waals surface area contributed by atoms with Crippen LogP contribution < -0.4 is 0 Å². The van der Waals surface area contributed by atoms with Gasteiger partial charge in [0.1, 0.15) is 18.3 Å². The van der Waals surface area contributed by atoms with Crippen molar-refractivity contribution in [2.75, 3.05) is 6.61 Å². The van der Waals surface area contributed by atoms with Crippen molar-refractivity contribution >= 4 is 0 Å². The number of aliphatic hydroxyl groups is 3. The Hall–Kier alpha value is -0.160. The lowest BCUT2D eigenvalue weighted by atomic mass is 9.85. The van der Waals surface area contributed by atoms with Crippen molar-refractivity contribution in [1.29, 1.82) is 0 Å². The smallest absolute Gasteiger partial charge is 0.111 e. The van der Waals surface area contributed by atoms with Gasteiger partial charge >= 0.3 is 0 Å². The number of hydrogen-bond donors (Lipinski definition) is 3. The van der Waals surface area contributed by atoms with E-state index in [9.17, 15) is 10.2 Å². The second kappa shape index (κ2) is 3.53. The van der Waals surface area contributed by atoms with Crippen LogP contribution in [-0.2, 0) is 4.74 Å². The van der Waals surface area contributed by atoms with Crippen molar-refractivity contribution in [3.63, 3.8) is 0 Å². The fraction of sp³-hybridized carbons (Fsp3) is 1.00. The van der Waals surface area contributed by atoms with Gasteiger partial charge in [0, 0.05) is 0 Å². The molecule has 4 atom stereocenters. The van der Waals surface area contributed by atoms with E-state index in [4.69, 9.17) is 9.84 Å². The molecule has 1 saturated heterocycles. The third-order valence-electron chi connectivity index (χ3n) is 2.40. The summed E-state index contributed by atoms with van der Waals surface area (Å²) in [5.74, 6) is 0. The summed E-state index contributed by atoms with van der Waals surface area (Å²) in [5, 5.41) is 27.9. The van der Waals surface area contributed by atoms with Gasteiger partial charge in [0.05, 0.1) is 12.7 Å². The minimum atomic E-state index is -0.978. The summed E-state index contributed by atoms with van der Waals surface area (Å²) >= 11 is 0. The molecule has 1 heterocycles. The van der Waals surface area contributed by atoms with Gasteiger partial charge in [-0.3, -0.25) is 0 Å². The van der Waals surface area contributed by atoms with E-state index in [2.05, 4.69) is 0 Å². The molecule has 1 unspecified atom stereocenters. The Balaban J connectivity index is 2.71. The van der Waals surface area contributed by atoms with Crippen LogP contribution in [0.4, 0.5) is 0 Å². The van der Waals surface area contributed by atoms with Gasteiger partial charge in [-0.25, -0.2) is 0 Å². The van der Waals surface area contributed by atoms with Gasteiger partial charge in [0.2, 0.25) is 0 Å². The molecule has 1 rings (SSSR count). The SMILES string of the molecule is CC(C)(C)[C@@H]1O[C@H](CO)C(O)[C@@H]1O. The van der Waals surface area contributed by atoms with E-state index in [0.29, 0.717) is 0 Å². The zero-order chi connectivity index (χ0) is 10.2. The Kier molecular flexibility index (Phi) is 2.97. The van der Waals surface area contributed by atoms with Gasteiger partial charge in [-0.15, -0.1) is 0 Å². The van der Waals surface area contributed by atoms with E-state index in [1.54, 1.807) is 0 Å². The summed E-state index contributed by atoms with van der Waals surface area (Å²) in [5.41, 5.74) is -0.232. The molecule has 1 aliphatic heterocycles. The van der Waals surface area contributed by atoms with Crippen LogP contribution in [0.5, 0.6) is 0 Å². The summed E-state index contributed by atoms with van der Waals surface area (Å²) < 4.78 is 5.35. The molecule has 3 N–H and O–H groups in total. The Morgan fingerprint density at radius 1 is 1.15 bits per heavy atom. The van der Waals surface area contributed by atoms with Crippen molar-refractivity contribution in [3.05, 3.63) is 0 Å². The van der Waals surface area contributed by atoms with E-state index in [-0.39, 0.29) is 12.0 Å². The van der Waals surface area contributed by atoms with Crippen molar-refractivity contribution in [2.24, 2.45) is 5.41 Å². The number of aliphatic hydroxyl groups excluding tert-OH is 3. The number of hydrogen-bond acceptors (Lipinski definition) is 4. The maximum absolute atomic E-state index is 9.61. The first-order valence-corrected chi connectivity index (χ1v) is 4.50. The second-order valence-corrected chi connectivity index (χ2v) is 4.62. The van der Waals surface area contributed by atoms with E-state index in [1.807, 2.05) is 20.8 Å². The van der Waals surface area contributed by atoms with E-state index in [1.165, 1.54) is 0 Å². The van der Waals surface area contributed by atoms with Gasteiger partial charge in [-0.1, -0.05) is 20.8 Å². The minimum Gasteiger partial charge on any atom is -0.394 e. The van der Waals surface area contributed by atoms with E-state index in [0.717, 1.165) is 0 Å². The predicted octanol–water partition coefficient (Wildman–Crippen LogP) is -0.486. The Bertz CT molecular complexity index is 175. The largest absolute Gasteiger partial charge is 0.394 e. The third-order valence-corrected chi connectivity index (χ3v) is 2.40. The lowest BCUT2D eigenvalue weighted by Crippen LogP contribution is -2.39. The van der Waals surface area contributed by atoms with Crippen LogP contribution in [0.15, 0.2) is 0 Å². The molecule has 1 aliphatic rings. The molecule has 4 nitrogen and oxygen atoms in total. The minimum absolute atomic E-state index is 0.232. The van der Waals surface area contributed by atoms with Crippen LogP contribution in [0.25, 0.3) is 0 Å². The van der Waals surface area contributed by atoms with Gasteiger partial charge in [0.15, 0.2) is 0 Å². The lowest BCUT2D eigenvalue weighted by Gasteiger charge is -2.28. The lowest BCUT2D eigenvalue weighted by molar-refractivity contribution is -0.0638. The van der Waals surface area contributed by atoms with Gasteiger partial charge in [-0.2, -0.15) is 0 Å². The topological polar surface area (TPSA) is 69.9 Å². The van der Waals surface area contributed by atoms with Crippen LogP contribution in [0.1, 0.15) is 20.8 Å². The van der Waals surface area contributed by atoms with Crippen molar-refractivity contribution in [2.45, 2.75) is 45.2 Å².